The van der Waals surface area contributed by atoms with Gasteiger partial charge in [0.1, 0.15) is 0 Å². The summed E-state index contributed by atoms with van der Waals surface area (Å²) < 4.78 is 0. The van der Waals surface area contributed by atoms with Crippen LogP contribution in [0.4, 0.5) is 0 Å². The predicted octanol–water partition coefficient (Wildman–Crippen LogP) is 1.90. The third kappa shape index (κ3) is 1.62. The van der Waals surface area contributed by atoms with E-state index in [2.05, 4.69) is 20.8 Å². The number of amides is 1. The van der Waals surface area contributed by atoms with Crippen molar-refractivity contribution in [1.29, 1.82) is 0 Å². The summed E-state index contributed by atoms with van der Waals surface area (Å²) in [4.78, 5) is 13.1. The second kappa shape index (κ2) is 3.08. The smallest absolute Gasteiger partial charge is 0.222 e. The van der Waals surface area contributed by atoms with Gasteiger partial charge in [0.25, 0.3) is 0 Å². The molecule has 1 fully saturated rings. The van der Waals surface area contributed by atoms with E-state index in [1.165, 1.54) is 0 Å². The molecule has 1 saturated heterocycles. The van der Waals surface area contributed by atoms with E-state index >= 15 is 0 Å². The minimum atomic E-state index is 0.299. The first-order valence-corrected chi connectivity index (χ1v) is 4.70. The molecule has 0 aliphatic carbocycles. The Kier molecular flexibility index (Phi) is 2.45. The zero-order valence-electron chi connectivity index (χ0n) is 8.55. The molecule has 1 atom stereocenters. The minimum Gasteiger partial charge on any atom is -0.345 e. The Labute approximate surface area is 74.9 Å². The van der Waals surface area contributed by atoms with E-state index in [4.69, 9.17) is 0 Å². The van der Waals surface area contributed by atoms with E-state index in [9.17, 15) is 4.79 Å². The van der Waals surface area contributed by atoms with Gasteiger partial charge in [-0.1, -0.05) is 20.8 Å². The van der Waals surface area contributed by atoms with Crippen molar-refractivity contribution in [3.8, 4) is 0 Å². The summed E-state index contributed by atoms with van der Waals surface area (Å²) in [7, 11) is 1.90. The molecule has 1 rings (SSSR count). The van der Waals surface area contributed by atoms with Crippen molar-refractivity contribution in [1.82, 2.24) is 4.90 Å². The van der Waals surface area contributed by atoms with E-state index in [0.717, 1.165) is 19.4 Å². The lowest BCUT2D eigenvalue weighted by atomic mass is 9.73. The fourth-order valence-electron chi connectivity index (χ4n) is 1.76. The molecule has 1 heterocycles. The molecule has 1 aliphatic heterocycles. The minimum absolute atomic E-state index is 0.299. The molecule has 0 spiro atoms. The lowest BCUT2D eigenvalue weighted by Crippen LogP contribution is -2.45. The average Bonchev–Trinajstić information content (AvgIpc) is 1.97. The van der Waals surface area contributed by atoms with E-state index in [1.807, 2.05) is 11.9 Å². The summed E-state index contributed by atoms with van der Waals surface area (Å²) >= 11 is 0. The molecule has 0 aromatic rings. The average molecular weight is 169 g/mol. The fraction of sp³-hybridized carbons (Fsp3) is 0.900. The lowest BCUT2D eigenvalue weighted by molar-refractivity contribution is -0.136. The quantitative estimate of drug-likeness (QED) is 0.587. The SMILES string of the molecule is CC(C)C1(C)CCC(=O)N(C)C1. The number of likely N-dealkylation sites (tertiary alicyclic amines) is 1. The highest BCUT2D eigenvalue weighted by molar-refractivity contribution is 5.76. The number of hydrogen-bond acceptors (Lipinski definition) is 1. The fourth-order valence-corrected chi connectivity index (χ4v) is 1.76. The van der Waals surface area contributed by atoms with Crippen LogP contribution >= 0.6 is 0 Å². The molecule has 2 nitrogen and oxygen atoms in total. The Balaban J connectivity index is 2.66. The Morgan fingerprint density at radius 2 is 2.08 bits per heavy atom. The Morgan fingerprint density at radius 1 is 1.50 bits per heavy atom. The van der Waals surface area contributed by atoms with Crippen molar-refractivity contribution >= 4 is 5.91 Å². The summed E-state index contributed by atoms with van der Waals surface area (Å²) in [6.07, 6.45) is 1.78. The van der Waals surface area contributed by atoms with Gasteiger partial charge in [-0.05, 0) is 17.8 Å². The zero-order valence-corrected chi connectivity index (χ0v) is 8.55. The molecule has 0 aromatic carbocycles. The first-order chi connectivity index (χ1) is 5.46. The number of nitrogens with zero attached hydrogens (tertiary/aromatic N) is 1. The van der Waals surface area contributed by atoms with Gasteiger partial charge in [0.2, 0.25) is 5.91 Å². The zero-order chi connectivity index (χ0) is 9.35. The molecule has 2 heteroatoms. The number of rotatable bonds is 1. The molecule has 1 unspecified atom stereocenters. The van der Waals surface area contributed by atoms with Crippen LogP contribution in [0.3, 0.4) is 0 Å². The molecule has 0 radical (unpaired) electrons. The van der Waals surface area contributed by atoms with Crippen LogP contribution in [0.5, 0.6) is 0 Å². The number of hydrogen-bond donors (Lipinski definition) is 0. The molecular formula is C10H19NO. The largest absolute Gasteiger partial charge is 0.345 e. The van der Waals surface area contributed by atoms with Gasteiger partial charge in [-0.3, -0.25) is 4.79 Å². The third-order valence-corrected chi connectivity index (χ3v) is 3.33. The van der Waals surface area contributed by atoms with Gasteiger partial charge in [-0.25, -0.2) is 0 Å². The van der Waals surface area contributed by atoms with E-state index in [0.29, 0.717) is 17.2 Å². The number of piperidine rings is 1. The van der Waals surface area contributed by atoms with Gasteiger partial charge >= 0.3 is 0 Å². The molecule has 70 valence electrons. The molecular weight excluding hydrogens is 150 g/mol. The van der Waals surface area contributed by atoms with Gasteiger partial charge in [0, 0.05) is 20.0 Å². The van der Waals surface area contributed by atoms with E-state index < -0.39 is 0 Å². The van der Waals surface area contributed by atoms with Gasteiger partial charge in [-0.15, -0.1) is 0 Å². The van der Waals surface area contributed by atoms with Crippen LogP contribution in [0, 0.1) is 11.3 Å². The van der Waals surface area contributed by atoms with Crippen LogP contribution in [-0.4, -0.2) is 24.4 Å². The molecule has 1 amide bonds. The second-order valence-corrected chi connectivity index (χ2v) is 4.56. The number of carbonyl (C=O) groups is 1. The Morgan fingerprint density at radius 3 is 2.50 bits per heavy atom. The standard InChI is InChI=1S/C10H19NO/c1-8(2)10(3)6-5-9(12)11(4)7-10/h8H,5-7H2,1-4H3. The highest BCUT2D eigenvalue weighted by Gasteiger charge is 2.35. The van der Waals surface area contributed by atoms with Crippen LogP contribution < -0.4 is 0 Å². The van der Waals surface area contributed by atoms with Gasteiger partial charge in [0.05, 0.1) is 0 Å². The van der Waals surface area contributed by atoms with Gasteiger partial charge < -0.3 is 4.90 Å². The van der Waals surface area contributed by atoms with Gasteiger partial charge in [0.15, 0.2) is 0 Å². The van der Waals surface area contributed by atoms with Crippen LogP contribution in [-0.2, 0) is 4.79 Å². The molecule has 1 aliphatic rings. The van der Waals surface area contributed by atoms with Crippen molar-refractivity contribution in [2.75, 3.05) is 13.6 Å². The lowest BCUT2D eigenvalue weighted by Gasteiger charge is -2.41. The molecule has 0 bridgehead atoms. The first kappa shape index (κ1) is 9.56. The van der Waals surface area contributed by atoms with E-state index in [-0.39, 0.29) is 0 Å². The predicted molar refractivity (Wildman–Crippen MR) is 49.8 cm³/mol. The maximum Gasteiger partial charge on any atom is 0.222 e. The van der Waals surface area contributed by atoms with Crippen LogP contribution in [0.15, 0.2) is 0 Å². The highest BCUT2D eigenvalue weighted by atomic mass is 16.2. The summed E-state index contributed by atoms with van der Waals surface area (Å²) in [6.45, 7) is 7.68. The van der Waals surface area contributed by atoms with Gasteiger partial charge in [-0.2, -0.15) is 0 Å². The second-order valence-electron chi connectivity index (χ2n) is 4.56. The van der Waals surface area contributed by atoms with Crippen molar-refractivity contribution < 1.29 is 4.79 Å². The van der Waals surface area contributed by atoms with Crippen molar-refractivity contribution in [2.24, 2.45) is 11.3 Å². The molecule has 0 aromatic heterocycles. The Hall–Kier alpha value is -0.530. The first-order valence-electron chi connectivity index (χ1n) is 4.70. The van der Waals surface area contributed by atoms with Crippen molar-refractivity contribution in [3.63, 3.8) is 0 Å². The van der Waals surface area contributed by atoms with E-state index in [1.54, 1.807) is 0 Å². The normalized spacial score (nSPS) is 31.4. The van der Waals surface area contributed by atoms with Crippen LogP contribution in [0.2, 0.25) is 0 Å². The molecule has 0 saturated carbocycles. The monoisotopic (exact) mass is 169 g/mol. The van der Waals surface area contributed by atoms with Crippen LogP contribution in [0.25, 0.3) is 0 Å². The Bertz CT molecular complexity index is 188. The topological polar surface area (TPSA) is 20.3 Å². The summed E-state index contributed by atoms with van der Waals surface area (Å²) in [5.41, 5.74) is 0.336. The molecule has 0 N–H and O–H groups in total. The molecule has 12 heavy (non-hydrogen) atoms. The van der Waals surface area contributed by atoms with Crippen molar-refractivity contribution in [3.05, 3.63) is 0 Å². The highest BCUT2D eigenvalue weighted by Crippen LogP contribution is 2.36. The summed E-state index contributed by atoms with van der Waals surface area (Å²) in [5.74, 6) is 0.959. The van der Waals surface area contributed by atoms with Crippen LogP contribution in [0.1, 0.15) is 33.6 Å². The maximum absolute atomic E-state index is 11.2. The maximum atomic E-state index is 11.2. The third-order valence-electron chi connectivity index (χ3n) is 3.33. The summed E-state index contributed by atoms with van der Waals surface area (Å²) in [6, 6.07) is 0. The van der Waals surface area contributed by atoms with Crippen molar-refractivity contribution in [2.45, 2.75) is 33.6 Å². The summed E-state index contributed by atoms with van der Waals surface area (Å²) in [5, 5.41) is 0. The number of carbonyl (C=O) groups excluding carboxylic acids is 1.